The molecule has 0 spiro atoms. The van der Waals surface area contributed by atoms with Gasteiger partial charge in [0.25, 0.3) is 0 Å². The Morgan fingerprint density at radius 1 is 1.23 bits per heavy atom. The topological polar surface area (TPSA) is 141 Å². The van der Waals surface area contributed by atoms with Crippen molar-refractivity contribution < 1.29 is 24.2 Å². The van der Waals surface area contributed by atoms with Gasteiger partial charge in [0.05, 0.1) is 35.1 Å². The van der Waals surface area contributed by atoms with Gasteiger partial charge >= 0.3 is 0 Å². The molecule has 142 valence electrons. The number of aromatic nitrogens is 4. The molecule has 26 heavy (non-hydrogen) atoms. The minimum atomic E-state index is -1.14. The monoisotopic (exact) mass is 384 g/mol. The number of aliphatic hydroxyl groups excluding tert-OH is 2. The molecule has 4 rings (SSSR count). The molecule has 0 aromatic carbocycles. The lowest BCUT2D eigenvalue weighted by atomic mass is 10.1. The average Bonchev–Trinajstić information content (AvgIpc) is 3.20. The van der Waals surface area contributed by atoms with E-state index in [1.165, 1.54) is 12.7 Å². The van der Waals surface area contributed by atoms with Crippen molar-refractivity contribution in [1.29, 1.82) is 0 Å². The van der Waals surface area contributed by atoms with Crippen molar-refractivity contribution in [2.45, 2.75) is 24.5 Å². The van der Waals surface area contributed by atoms with Crippen LogP contribution in [0.2, 0.25) is 0 Å². The first-order valence-corrected chi connectivity index (χ1v) is 9.15. The minimum absolute atomic E-state index is 0.162. The van der Waals surface area contributed by atoms with Gasteiger partial charge in [-0.25, -0.2) is 15.0 Å². The van der Waals surface area contributed by atoms with E-state index in [9.17, 15) is 10.2 Å². The predicted molar refractivity (Wildman–Crippen MR) is 92.3 cm³/mol. The summed E-state index contributed by atoms with van der Waals surface area (Å²) in [6.07, 6.45) is -0.910. The number of nitrogen functional groups attached to an aromatic ring is 1. The lowest BCUT2D eigenvalue weighted by Gasteiger charge is -2.26. The Bertz CT molecular complexity index is 757. The molecule has 0 aliphatic carbocycles. The van der Waals surface area contributed by atoms with Crippen LogP contribution in [0.1, 0.15) is 6.23 Å². The fraction of sp³-hybridized carbons (Fsp3) is 0.643. The van der Waals surface area contributed by atoms with Gasteiger partial charge in [0, 0.05) is 13.1 Å². The van der Waals surface area contributed by atoms with Crippen molar-refractivity contribution in [3.05, 3.63) is 12.7 Å². The summed E-state index contributed by atoms with van der Waals surface area (Å²) in [4.78, 5) is 12.2. The van der Waals surface area contributed by atoms with E-state index in [2.05, 4.69) is 19.6 Å². The fourth-order valence-electron chi connectivity index (χ4n) is 3.02. The Morgan fingerprint density at radius 2 is 2.04 bits per heavy atom. The number of nitrogens with two attached hydrogens (primary N) is 1. The molecule has 11 nitrogen and oxygen atoms in total. The van der Waals surface area contributed by atoms with E-state index >= 15 is 0 Å². The highest BCUT2D eigenvalue weighted by molar-refractivity contribution is 7.29. The molecular weight excluding hydrogens is 363 g/mol. The zero-order valence-electron chi connectivity index (χ0n) is 13.9. The Morgan fingerprint density at radius 3 is 2.85 bits per heavy atom. The highest BCUT2D eigenvalue weighted by Crippen LogP contribution is 2.33. The average molecular weight is 384 g/mol. The highest BCUT2D eigenvalue weighted by Gasteiger charge is 2.44. The first-order valence-electron chi connectivity index (χ1n) is 8.30. The second kappa shape index (κ2) is 7.65. The second-order valence-corrected chi connectivity index (χ2v) is 7.23. The summed E-state index contributed by atoms with van der Waals surface area (Å²) in [6.45, 7) is 3.20. The van der Waals surface area contributed by atoms with Crippen LogP contribution >= 0.6 is 8.96 Å². The Kier molecular flexibility index (Phi) is 5.28. The van der Waals surface area contributed by atoms with Crippen molar-refractivity contribution in [3.63, 3.8) is 0 Å². The van der Waals surface area contributed by atoms with Crippen LogP contribution in [0.3, 0.4) is 0 Å². The van der Waals surface area contributed by atoms with Crippen LogP contribution in [0, 0.1) is 0 Å². The van der Waals surface area contributed by atoms with Crippen molar-refractivity contribution in [2.75, 3.05) is 38.6 Å². The quantitative estimate of drug-likeness (QED) is 0.543. The first-order chi connectivity index (χ1) is 12.6. The van der Waals surface area contributed by atoms with Crippen LogP contribution in [-0.2, 0) is 14.0 Å². The molecule has 2 fully saturated rings. The molecule has 2 aromatic heterocycles. The molecule has 4 heterocycles. The van der Waals surface area contributed by atoms with Crippen molar-refractivity contribution in [1.82, 2.24) is 24.2 Å². The van der Waals surface area contributed by atoms with Crippen molar-refractivity contribution in [3.8, 4) is 0 Å². The predicted octanol–water partition coefficient (Wildman–Crippen LogP) is -1.12. The largest absolute Gasteiger partial charge is 0.387 e. The maximum Gasteiger partial charge on any atom is 0.167 e. The standard InChI is InChI=1S/C14H21N6O5P/c15-12-9-13(17-6-16-12)20(7-18-9)14-11(22)10(21)8(25-14)5-24-26-19-1-3-23-4-2-19/h6-8,10-11,14,21-22,26H,1-5H2,(H2,15,16,17)/t8-,10?,11?,14-/m1/s1. The van der Waals surface area contributed by atoms with E-state index in [0.29, 0.717) is 24.4 Å². The maximum absolute atomic E-state index is 10.4. The van der Waals surface area contributed by atoms with Gasteiger partial charge < -0.3 is 29.9 Å². The van der Waals surface area contributed by atoms with Crippen molar-refractivity contribution in [2.24, 2.45) is 0 Å². The molecule has 0 saturated carbocycles. The van der Waals surface area contributed by atoms with Crippen LogP contribution in [-0.4, -0.2) is 85.6 Å². The van der Waals surface area contributed by atoms with Gasteiger partial charge in [0.15, 0.2) is 17.7 Å². The van der Waals surface area contributed by atoms with Crippen molar-refractivity contribution >= 4 is 25.9 Å². The molecule has 2 aliphatic heterocycles. The van der Waals surface area contributed by atoms with Gasteiger partial charge in [-0.2, -0.15) is 0 Å². The number of hydrogen-bond donors (Lipinski definition) is 3. The SMILES string of the molecule is Nc1ncnc2c1ncn2[C@@H]1O[C@H](COPN2CCOCC2)C(O)C1O. The van der Waals surface area contributed by atoms with Crippen LogP contribution in [0.25, 0.3) is 11.2 Å². The Hall–Kier alpha value is -1.46. The number of rotatable bonds is 5. The molecular formula is C14H21N6O5P. The molecule has 0 radical (unpaired) electrons. The van der Waals surface area contributed by atoms with Crippen LogP contribution in [0.15, 0.2) is 12.7 Å². The van der Waals surface area contributed by atoms with Crippen LogP contribution in [0.5, 0.6) is 0 Å². The van der Waals surface area contributed by atoms with Gasteiger partial charge in [-0.05, 0) is 0 Å². The molecule has 3 unspecified atom stereocenters. The number of nitrogens with zero attached hydrogens (tertiary/aromatic N) is 5. The normalized spacial score (nSPS) is 30.7. The molecule has 2 aliphatic rings. The maximum atomic E-state index is 10.4. The molecule has 0 amide bonds. The zero-order chi connectivity index (χ0) is 18.1. The first kappa shape index (κ1) is 17.9. The lowest BCUT2D eigenvalue weighted by Crippen LogP contribution is -2.34. The Balaban J connectivity index is 1.41. The summed E-state index contributed by atoms with van der Waals surface area (Å²) in [5.41, 5.74) is 6.64. The number of imidazole rings is 1. The van der Waals surface area contributed by atoms with E-state index in [-0.39, 0.29) is 21.4 Å². The smallest absolute Gasteiger partial charge is 0.167 e. The van der Waals surface area contributed by atoms with Crippen LogP contribution in [0.4, 0.5) is 5.82 Å². The molecule has 0 bridgehead atoms. The van der Waals surface area contributed by atoms with E-state index in [0.717, 1.165) is 13.1 Å². The van der Waals surface area contributed by atoms with E-state index in [1.807, 2.05) is 0 Å². The van der Waals surface area contributed by atoms with Gasteiger partial charge in [0.2, 0.25) is 0 Å². The van der Waals surface area contributed by atoms with E-state index < -0.39 is 24.5 Å². The second-order valence-electron chi connectivity index (χ2n) is 6.13. The number of aliphatic hydroxyl groups is 2. The fourth-order valence-corrected chi connectivity index (χ4v) is 3.80. The zero-order valence-corrected chi connectivity index (χ0v) is 14.9. The number of hydrogen-bond acceptors (Lipinski definition) is 10. The number of fused-ring (bicyclic) bond motifs is 1. The number of morpholine rings is 1. The highest BCUT2D eigenvalue weighted by atomic mass is 31.1. The summed E-state index contributed by atoms with van der Waals surface area (Å²) in [5, 5.41) is 20.7. The lowest BCUT2D eigenvalue weighted by molar-refractivity contribution is -0.0468. The van der Waals surface area contributed by atoms with Gasteiger partial charge in [-0.1, -0.05) is 0 Å². The summed E-state index contributed by atoms with van der Waals surface area (Å²) in [7, 11) is 0.162. The minimum Gasteiger partial charge on any atom is -0.387 e. The molecule has 2 aromatic rings. The summed E-state index contributed by atoms with van der Waals surface area (Å²) in [6, 6.07) is 0. The number of anilines is 1. The third-order valence-electron chi connectivity index (χ3n) is 4.45. The van der Waals surface area contributed by atoms with E-state index in [4.69, 9.17) is 19.7 Å². The van der Waals surface area contributed by atoms with Crippen LogP contribution < -0.4 is 5.73 Å². The summed E-state index contributed by atoms with van der Waals surface area (Å²) >= 11 is 0. The van der Waals surface area contributed by atoms with E-state index in [1.54, 1.807) is 4.57 Å². The summed E-state index contributed by atoms with van der Waals surface area (Å²) in [5.74, 6) is 0.244. The third kappa shape index (κ3) is 3.39. The molecule has 2 saturated heterocycles. The van der Waals surface area contributed by atoms with Gasteiger partial charge in [-0.15, -0.1) is 0 Å². The number of ether oxygens (including phenoxy) is 2. The molecule has 4 N–H and O–H groups in total. The molecule has 5 atom stereocenters. The van der Waals surface area contributed by atoms with Gasteiger partial charge in [0.1, 0.15) is 30.2 Å². The molecule has 12 heteroatoms. The Labute approximate surface area is 151 Å². The van der Waals surface area contributed by atoms with Gasteiger partial charge in [-0.3, -0.25) is 9.24 Å². The summed E-state index contributed by atoms with van der Waals surface area (Å²) < 4.78 is 20.5. The third-order valence-corrected chi connectivity index (χ3v) is 5.45.